The summed E-state index contributed by atoms with van der Waals surface area (Å²) in [6.45, 7) is 0. The van der Waals surface area contributed by atoms with Crippen LogP contribution in [-0.2, 0) is 6.42 Å². The van der Waals surface area contributed by atoms with Gasteiger partial charge in [0.05, 0.1) is 16.9 Å². The van der Waals surface area contributed by atoms with Crippen molar-refractivity contribution in [1.29, 1.82) is 0 Å². The highest BCUT2D eigenvalue weighted by atomic mass is 16.1. The fraction of sp³-hybridized carbons (Fsp3) is 0.500. The molecule has 4 nitrogen and oxygen atoms in total. The van der Waals surface area contributed by atoms with Crippen LogP contribution < -0.4 is 11.1 Å². The van der Waals surface area contributed by atoms with Gasteiger partial charge in [0.1, 0.15) is 0 Å². The molecule has 16 heavy (non-hydrogen) atoms. The quantitative estimate of drug-likeness (QED) is 0.803. The van der Waals surface area contributed by atoms with Crippen molar-refractivity contribution in [2.45, 2.75) is 25.7 Å². The van der Waals surface area contributed by atoms with Crippen LogP contribution in [0.3, 0.4) is 0 Å². The van der Waals surface area contributed by atoms with Crippen LogP contribution in [0.5, 0.6) is 0 Å². The molecule has 1 aliphatic carbocycles. The summed E-state index contributed by atoms with van der Waals surface area (Å²) in [6.07, 6.45) is 6.37. The molecule has 0 atom stereocenters. The second kappa shape index (κ2) is 4.51. The van der Waals surface area contributed by atoms with Crippen LogP contribution in [0.1, 0.15) is 35.3 Å². The lowest BCUT2D eigenvalue weighted by atomic mass is 10.1. The van der Waals surface area contributed by atoms with Crippen molar-refractivity contribution in [2.24, 2.45) is 5.92 Å². The molecule has 1 fully saturated rings. The standard InChI is InChI=1S/C12H17N3O/c1-14-12(16)9-6-10(13)11(15-7-9)5-4-8-2-3-8/h6-8H,2-5,13H2,1H3,(H,14,16). The zero-order chi connectivity index (χ0) is 11.5. The number of aromatic nitrogens is 1. The van der Waals surface area contributed by atoms with Crippen LogP contribution in [0.2, 0.25) is 0 Å². The highest BCUT2D eigenvalue weighted by Crippen LogP contribution is 2.33. The van der Waals surface area contributed by atoms with E-state index in [1.54, 1.807) is 19.3 Å². The van der Waals surface area contributed by atoms with E-state index in [9.17, 15) is 4.79 Å². The number of aryl methyl sites for hydroxylation is 1. The number of nitrogen functional groups attached to an aromatic ring is 1. The Morgan fingerprint density at radius 2 is 2.38 bits per heavy atom. The van der Waals surface area contributed by atoms with Gasteiger partial charge in [-0.1, -0.05) is 12.8 Å². The maximum atomic E-state index is 11.3. The number of hydrogen-bond donors (Lipinski definition) is 2. The average molecular weight is 219 g/mol. The molecule has 4 heteroatoms. The molecular formula is C12H17N3O. The molecule has 2 rings (SSSR count). The highest BCUT2D eigenvalue weighted by molar-refractivity contribution is 5.94. The van der Waals surface area contributed by atoms with E-state index >= 15 is 0 Å². The lowest BCUT2D eigenvalue weighted by Crippen LogP contribution is -2.18. The Labute approximate surface area is 95.3 Å². The molecule has 1 heterocycles. The largest absolute Gasteiger partial charge is 0.397 e. The third kappa shape index (κ3) is 2.51. The van der Waals surface area contributed by atoms with Gasteiger partial charge in [0, 0.05) is 13.2 Å². The first-order valence-corrected chi connectivity index (χ1v) is 5.67. The summed E-state index contributed by atoms with van der Waals surface area (Å²) in [5, 5.41) is 2.55. The summed E-state index contributed by atoms with van der Waals surface area (Å²) < 4.78 is 0. The molecule has 3 N–H and O–H groups in total. The van der Waals surface area contributed by atoms with Gasteiger partial charge in [-0.15, -0.1) is 0 Å². The lowest BCUT2D eigenvalue weighted by molar-refractivity contribution is 0.0963. The topological polar surface area (TPSA) is 68.0 Å². The van der Waals surface area contributed by atoms with Crippen molar-refractivity contribution in [3.8, 4) is 0 Å². The molecular weight excluding hydrogens is 202 g/mol. The predicted molar refractivity (Wildman–Crippen MR) is 63.1 cm³/mol. The Kier molecular flexibility index (Phi) is 3.08. The van der Waals surface area contributed by atoms with Crippen molar-refractivity contribution in [1.82, 2.24) is 10.3 Å². The Bertz CT molecular complexity index is 399. The first-order valence-electron chi connectivity index (χ1n) is 5.67. The Morgan fingerprint density at radius 1 is 1.62 bits per heavy atom. The number of carbonyl (C=O) groups is 1. The van der Waals surface area contributed by atoms with Crippen LogP contribution in [0, 0.1) is 5.92 Å². The van der Waals surface area contributed by atoms with Gasteiger partial charge in [0.2, 0.25) is 0 Å². The van der Waals surface area contributed by atoms with Crippen LogP contribution in [0.4, 0.5) is 5.69 Å². The van der Waals surface area contributed by atoms with E-state index in [0.717, 1.165) is 24.5 Å². The maximum Gasteiger partial charge on any atom is 0.252 e. The van der Waals surface area contributed by atoms with Crippen molar-refractivity contribution >= 4 is 11.6 Å². The average Bonchev–Trinajstić information content (AvgIpc) is 3.10. The summed E-state index contributed by atoms with van der Waals surface area (Å²) in [6, 6.07) is 1.70. The summed E-state index contributed by atoms with van der Waals surface area (Å²) in [5.41, 5.74) is 7.94. The van der Waals surface area contributed by atoms with Crippen molar-refractivity contribution in [3.05, 3.63) is 23.5 Å². The summed E-state index contributed by atoms with van der Waals surface area (Å²) >= 11 is 0. The number of hydrogen-bond acceptors (Lipinski definition) is 3. The van der Waals surface area contributed by atoms with Crippen molar-refractivity contribution in [3.63, 3.8) is 0 Å². The number of anilines is 1. The lowest BCUT2D eigenvalue weighted by Gasteiger charge is -2.06. The van der Waals surface area contributed by atoms with E-state index in [1.165, 1.54) is 12.8 Å². The van der Waals surface area contributed by atoms with Crippen molar-refractivity contribution < 1.29 is 4.79 Å². The van der Waals surface area contributed by atoms with Gasteiger partial charge >= 0.3 is 0 Å². The molecule has 0 unspecified atom stereocenters. The number of pyridine rings is 1. The molecule has 0 saturated heterocycles. The monoisotopic (exact) mass is 219 g/mol. The minimum atomic E-state index is -0.145. The fourth-order valence-electron chi connectivity index (χ4n) is 1.73. The van der Waals surface area contributed by atoms with Crippen molar-refractivity contribution in [2.75, 3.05) is 12.8 Å². The van der Waals surface area contributed by atoms with Gasteiger partial charge in [-0.2, -0.15) is 0 Å². The third-order valence-electron chi connectivity index (χ3n) is 2.98. The number of amides is 1. The molecule has 1 aromatic heterocycles. The minimum Gasteiger partial charge on any atom is -0.397 e. The third-order valence-corrected chi connectivity index (χ3v) is 2.98. The first-order chi connectivity index (χ1) is 7.70. The SMILES string of the molecule is CNC(=O)c1cnc(CCC2CC2)c(N)c1. The van der Waals surface area contributed by atoms with Gasteiger partial charge in [-0.25, -0.2) is 0 Å². The predicted octanol–water partition coefficient (Wildman–Crippen LogP) is 1.37. The second-order valence-corrected chi connectivity index (χ2v) is 4.32. The van der Waals surface area contributed by atoms with E-state index in [2.05, 4.69) is 10.3 Å². The Morgan fingerprint density at radius 3 is 2.94 bits per heavy atom. The number of nitrogens with zero attached hydrogens (tertiary/aromatic N) is 1. The maximum absolute atomic E-state index is 11.3. The molecule has 86 valence electrons. The molecule has 0 aromatic carbocycles. The number of rotatable bonds is 4. The Balaban J connectivity index is 2.05. The van der Waals surface area contributed by atoms with Gasteiger partial charge in [0.15, 0.2) is 0 Å². The van der Waals surface area contributed by atoms with E-state index < -0.39 is 0 Å². The zero-order valence-electron chi connectivity index (χ0n) is 9.49. The van der Waals surface area contributed by atoms with Gasteiger partial charge in [0.25, 0.3) is 5.91 Å². The van der Waals surface area contributed by atoms with E-state index in [-0.39, 0.29) is 5.91 Å². The minimum absolute atomic E-state index is 0.145. The van der Waals surface area contributed by atoms with E-state index in [4.69, 9.17) is 5.73 Å². The second-order valence-electron chi connectivity index (χ2n) is 4.32. The van der Waals surface area contributed by atoms with Crippen LogP contribution in [0.25, 0.3) is 0 Å². The van der Waals surface area contributed by atoms with Gasteiger partial charge in [-0.05, 0) is 24.8 Å². The van der Waals surface area contributed by atoms with Gasteiger partial charge in [-0.3, -0.25) is 9.78 Å². The number of carbonyl (C=O) groups excluding carboxylic acids is 1. The molecule has 1 aliphatic rings. The van der Waals surface area contributed by atoms with Crippen LogP contribution >= 0.6 is 0 Å². The molecule has 1 saturated carbocycles. The summed E-state index contributed by atoms with van der Waals surface area (Å²) in [5.74, 6) is 0.729. The van der Waals surface area contributed by atoms with E-state index in [0.29, 0.717) is 11.3 Å². The molecule has 0 radical (unpaired) electrons. The number of nitrogens with two attached hydrogens (primary N) is 1. The summed E-state index contributed by atoms with van der Waals surface area (Å²) in [7, 11) is 1.60. The van der Waals surface area contributed by atoms with Gasteiger partial charge < -0.3 is 11.1 Å². The van der Waals surface area contributed by atoms with E-state index in [1.807, 2.05) is 0 Å². The fourth-order valence-corrected chi connectivity index (χ4v) is 1.73. The molecule has 1 aromatic rings. The molecule has 0 aliphatic heterocycles. The highest BCUT2D eigenvalue weighted by Gasteiger charge is 2.21. The normalized spacial score (nSPS) is 14.8. The molecule has 0 spiro atoms. The zero-order valence-corrected chi connectivity index (χ0v) is 9.49. The van der Waals surface area contributed by atoms with Crippen LogP contribution in [0.15, 0.2) is 12.3 Å². The van der Waals surface area contributed by atoms with Crippen LogP contribution in [-0.4, -0.2) is 17.9 Å². The number of nitrogens with one attached hydrogen (secondary N) is 1. The summed E-state index contributed by atoms with van der Waals surface area (Å²) in [4.78, 5) is 15.6. The first kappa shape index (κ1) is 10.9. The molecule has 0 bridgehead atoms. The smallest absolute Gasteiger partial charge is 0.252 e. The Hall–Kier alpha value is -1.58. The molecule has 1 amide bonds.